The number of amides is 1. The predicted octanol–water partition coefficient (Wildman–Crippen LogP) is 2.63. The molecule has 1 unspecified atom stereocenters. The molecular formula is C13H12F3NO3. The summed E-state index contributed by atoms with van der Waals surface area (Å²) in [6, 6.07) is 3.36. The molecule has 20 heavy (non-hydrogen) atoms. The van der Waals surface area contributed by atoms with Gasteiger partial charge in [0.2, 0.25) is 5.91 Å². The molecule has 1 aromatic carbocycles. The second-order valence-corrected chi connectivity index (χ2v) is 4.59. The molecule has 0 aromatic heterocycles. The number of benzene rings is 1. The van der Waals surface area contributed by atoms with Crippen molar-refractivity contribution in [2.45, 2.75) is 25.4 Å². The van der Waals surface area contributed by atoms with E-state index in [1.165, 1.54) is 12.1 Å². The van der Waals surface area contributed by atoms with Crippen LogP contribution in [0.1, 0.15) is 30.4 Å². The number of nitrogens with zero attached hydrogens (tertiary/aromatic N) is 1. The molecule has 7 heteroatoms. The molecule has 0 aliphatic carbocycles. The van der Waals surface area contributed by atoms with Crippen molar-refractivity contribution < 1.29 is 27.9 Å². The zero-order valence-electron chi connectivity index (χ0n) is 10.6. The van der Waals surface area contributed by atoms with Crippen molar-refractivity contribution in [3.05, 3.63) is 29.3 Å². The van der Waals surface area contributed by atoms with Gasteiger partial charge in [0.25, 0.3) is 0 Å². The van der Waals surface area contributed by atoms with Gasteiger partial charge in [-0.15, -0.1) is 0 Å². The Labute approximate surface area is 112 Å². The standard InChI is InChI=1S/C13H12F3NO3/c1-7(18)17-6-5-9(12(19)20)8-3-2-4-10(11(8)17)13(14,15)16/h2-4,9H,5-6H2,1H3,(H,19,20). The Morgan fingerprint density at radius 3 is 2.50 bits per heavy atom. The lowest BCUT2D eigenvalue weighted by atomic mass is 9.87. The molecule has 1 aromatic rings. The number of halogens is 3. The summed E-state index contributed by atoms with van der Waals surface area (Å²) < 4.78 is 39.2. The highest BCUT2D eigenvalue weighted by Crippen LogP contribution is 2.44. The number of rotatable bonds is 1. The van der Waals surface area contributed by atoms with Crippen LogP contribution in [0.25, 0.3) is 0 Å². The van der Waals surface area contributed by atoms with E-state index in [9.17, 15) is 22.8 Å². The van der Waals surface area contributed by atoms with Gasteiger partial charge in [0.1, 0.15) is 0 Å². The van der Waals surface area contributed by atoms with Crippen molar-refractivity contribution in [1.82, 2.24) is 0 Å². The van der Waals surface area contributed by atoms with Gasteiger partial charge in [-0.25, -0.2) is 0 Å². The maximum atomic E-state index is 13.1. The Bertz CT molecular complexity index is 568. The van der Waals surface area contributed by atoms with E-state index in [0.29, 0.717) is 0 Å². The van der Waals surface area contributed by atoms with E-state index < -0.39 is 29.5 Å². The normalized spacial score (nSPS) is 18.6. The minimum atomic E-state index is -4.64. The highest BCUT2D eigenvalue weighted by Gasteiger charge is 2.41. The van der Waals surface area contributed by atoms with Gasteiger partial charge < -0.3 is 10.0 Å². The van der Waals surface area contributed by atoms with Gasteiger partial charge in [-0.1, -0.05) is 12.1 Å². The zero-order valence-corrected chi connectivity index (χ0v) is 10.6. The van der Waals surface area contributed by atoms with Crippen LogP contribution in [0.3, 0.4) is 0 Å². The minimum absolute atomic E-state index is 0.0353. The lowest BCUT2D eigenvalue weighted by molar-refractivity contribution is -0.140. The van der Waals surface area contributed by atoms with Crippen molar-refractivity contribution >= 4 is 17.6 Å². The molecule has 0 spiro atoms. The smallest absolute Gasteiger partial charge is 0.418 e. The first kappa shape index (κ1) is 14.4. The average molecular weight is 287 g/mol. The molecule has 2 rings (SSSR count). The van der Waals surface area contributed by atoms with Crippen molar-refractivity contribution in [2.24, 2.45) is 0 Å². The van der Waals surface area contributed by atoms with Gasteiger partial charge in [0.05, 0.1) is 17.2 Å². The molecule has 0 radical (unpaired) electrons. The topological polar surface area (TPSA) is 57.6 Å². The monoisotopic (exact) mass is 287 g/mol. The van der Waals surface area contributed by atoms with E-state index in [0.717, 1.165) is 17.9 Å². The number of hydrogen-bond acceptors (Lipinski definition) is 2. The molecule has 4 nitrogen and oxygen atoms in total. The molecule has 0 saturated heterocycles. The summed E-state index contributed by atoms with van der Waals surface area (Å²) in [7, 11) is 0. The molecule has 1 N–H and O–H groups in total. The average Bonchev–Trinajstić information content (AvgIpc) is 2.34. The first-order valence-electron chi connectivity index (χ1n) is 5.94. The third kappa shape index (κ3) is 2.35. The molecule has 0 bridgehead atoms. The highest BCUT2D eigenvalue weighted by molar-refractivity contribution is 5.96. The van der Waals surface area contributed by atoms with Gasteiger partial charge >= 0.3 is 12.1 Å². The Balaban J connectivity index is 2.69. The maximum absolute atomic E-state index is 13.1. The molecule has 0 fully saturated rings. The number of fused-ring (bicyclic) bond motifs is 1. The second-order valence-electron chi connectivity index (χ2n) is 4.59. The molecule has 1 atom stereocenters. The van der Waals surface area contributed by atoms with E-state index in [4.69, 9.17) is 5.11 Å². The van der Waals surface area contributed by atoms with Crippen LogP contribution < -0.4 is 4.90 Å². The lowest BCUT2D eigenvalue weighted by Crippen LogP contribution is -2.38. The summed E-state index contributed by atoms with van der Waals surface area (Å²) in [4.78, 5) is 23.7. The van der Waals surface area contributed by atoms with E-state index in [1.54, 1.807) is 0 Å². The Morgan fingerprint density at radius 2 is 2.00 bits per heavy atom. The molecular weight excluding hydrogens is 275 g/mol. The Kier molecular flexibility index (Phi) is 3.45. The van der Waals surface area contributed by atoms with Gasteiger partial charge in [-0.05, 0) is 18.1 Å². The minimum Gasteiger partial charge on any atom is -0.481 e. The van der Waals surface area contributed by atoms with Crippen molar-refractivity contribution in [1.29, 1.82) is 0 Å². The summed E-state index contributed by atoms with van der Waals surface area (Å²) in [5, 5.41) is 9.12. The fourth-order valence-corrected chi connectivity index (χ4v) is 2.47. The third-order valence-corrected chi connectivity index (χ3v) is 3.34. The van der Waals surface area contributed by atoms with Crippen LogP contribution in [0.4, 0.5) is 18.9 Å². The number of para-hydroxylation sites is 1. The Hall–Kier alpha value is -2.05. The van der Waals surface area contributed by atoms with Crippen LogP contribution >= 0.6 is 0 Å². The predicted molar refractivity (Wildman–Crippen MR) is 64.5 cm³/mol. The van der Waals surface area contributed by atoms with Gasteiger partial charge in [0.15, 0.2) is 0 Å². The lowest BCUT2D eigenvalue weighted by Gasteiger charge is -2.34. The number of hydrogen-bond donors (Lipinski definition) is 1. The quantitative estimate of drug-likeness (QED) is 0.863. The molecule has 1 aliphatic rings. The van der Waals surface area contributed by atoms with Gasteiger partial charge in [0, 0.05) is 13.5 Å². The van der Waals surface area contributed by atoms with Crippen LogP contribution in [-0.2, 0) is 15.8 Å². The van der Waals surface area contributed by atoms with Crippen LogP contribution in [0.15, 0.2) is 18.2 Å². The van der Waals surface area contributed by atoms with Gasteiger partial charge in [-0.3, -0.25) is 9.59 Å². The third-order valence-electron chi connectivity index (χ3n) is 3.34. The zero-order chi connectivity index (χ0) is 15.1. The first-order chi connectivity index (χ1) is 9.23. The van der Waals surface area contributed by atoms with E-state index >= 15 is 0 Å². The molecule has 108 valence electrons. The molecule has 1 amide bonds. The summed E-state index contributed by atoms with van der Waals surface area (Å²) in [6.45, 7) is 1.13. The summed E-state index contributed by atoms with van der Waals surface area (Å²) >= 11 is 0. The summed E-state index contributed by atoms with van der Waals surface area (Å²) in [5.74, 6) is -2.75. The Morgan fingerprint density at radius 1 is 1.35 bits per heavy atom. The van der Waals surface area contributed by atoms with Crippen LogP contribution in [0, 0.1) is 0 Å². The molecule has 1 heterocycles. The molecule has 0 saturated carbocycles. The first-order valence-corrected chi connectivity index (χ1v) is 5.94. The maximum Gasteiger partial charge on any atom is 0.418 e. The number of carbonyl (C=O) groups is 2. The van der Waals surface area contributed by atoms with Gasteiger partial charge in [-0.2, -0.15) is 13.2 Å². The largest absolute Gasteiger partial charge is 0.481 e. The SMILES string of the molecule is CC(=O)N1CCC(C(=O)O)c2cccc(C(F)(F)F)c21. The van der Waals surface area contributed by atoms with E-state index in [-0.39, 0.29) is 24.2 Å². The number of carbonyl (C=O) groups excluding carboxylic acids is 1. The number of alkyl halides is 3. The van der Waals surface area contributed by atoms with Crippen molar-refractivity contribution in [2.75, 3.05) is 11.4 Å². The van der Waals surface area contributed by atoms with Crippen LogP contribution in [-0.4, -0.2) is 23.5 Å². The fraction of sp³-hybridized carbons (Fsp3) is 0.385. The second kappa shape index (κ2) is 4.81. The number of carboxylic acid groups (broad SMARTS) is 1. The van der Waals surface area contributed by atoms with Crippen LogP contribution in [0.2, 0.25) is 0 Å². The summed E-state index contributed by atoms with van der Waals surface area (Å²) in [6.07, 6.45) is -4.54. The van der Waals surface area contributed by atoms with Crippen molar-refractivity contribution in [3.8, 4) is 0 Å². The number of aliphatic carboxylic acids is 1. The molecule has 1 aliphatic heterocycles. The van der Waals surface area contributed by atoms with Crippen molar-refractivity contribution in [3.63, 3.8) is 0 Å². The van der Waals surface area contributed by atoms with E-state index in [1.807, 2.05) is 0 Å². The number of anilines is 1. The summed E-state index contributed by atoms with van der Waals surface area (Å²) in [5.41, 5.74) is -1.27. The highest BCUT2D eigenvalue weighted by atomic mass is 19.4. The van der Waals surface area contributed by atoms with Crippen LogP contribution in [0.5, 0.6) is 0 Å². The fourth-order valence-electron chi connectivity index (χ4n) is 2.47. The van der Waals surface area contributed by atoms with E-state index in [2.05, 4.69) is 0 Å². The number of carboxylic acids is 1.